The maximum Gasteiger partial charge on any atom is 0.573 e. The van der Waals surface area contributed by atoms with E-state index in [0.29, 0.717) is 24.0 Å². The Kier molecular flexibility index (Phi) is 7.66. The van der Waals surface area contributed by atoms with Crippen LogP contribution in [0.2, 0.25) is 0 Å². The fourth-order valence-corrected chi connectivity index (χ4v) is 2.97. The Hall–Kier alpha value is -2.08. The number of hydrogen-bond acceptors (Lipinski definition) is 3. The van der Waals surface area contributed by atoms with E-state index in [1.165, 1.54) is 17.7 Å². The van der Waals surface area contributed by atoms with E-state index in [0.717, 1.165) is 24.0 Å². The molecule has 1 atom stereocenters. The number of thiocarbonyl (C=S) groups is 1. The van der Waals surface area contributed by atoms with Crippen LogP contribution in [0.5, 0.6) is 5.75 Å². The van der Waals surface area contributed by atoms with Crippen molar-refractivity contribution in [2.75, 3.05) is 6.61 Å². The normalized spacial score (nSPS) is 12.5. The Balaban J connectivity index is 1.82. The fraction of sp³-hybridized carbons (Fsp3) is 0.381. The predicted octanol–water partition coefficient (Wildman–Crippen LogP) is 6.42. The first-order valence-electron chi connectivity index (χ1n) is 8.90. The molecule has 0 heterocycles. The smallest absolute Gasteiger partial charge is 0.483 e. The van der Waals surface area contributed by atoms with Crippen LogP contribution in [0.3, 0.4) is 0 Å². The number of hydrogen-bond donors (Lipinski definition) is 0. The Morgan fingerprint density at radius 3 is 2.22 bits per heavy atom. The molecule has 0 aliphatic heterocycles. The van der Waals surface area contributed by atoms with Gasteiger partial charge in [-0.2, -0.15) is 0 Å². The molecule has 6 heteroatoms. The van der Waals surface area contributed by atoms with Crippen LogP contribution in [0.25, 0.3) is 0 Å². The number of rotatable bonds is 8. The lowest BCUT2D eigenvalue weighted by atomic mass is 9.96. The minimum Gasteiger partial charge on any atom is -0.483 e. The lowest BCUT2D eigenvalue weighted by Crippen LogP contribution is -2.17. The summed E-state index contributed by atoms with van der Waals surface area (Å²) in [6.07, 6.45) is -1.85. The molecule has 2 aromatic rings. The predicted molar refractivity (Wildman–Crippen MR) is 104 cm³/mol. The Bertz CT molecular complexity index is 725. The molecule has 2 aromatic carbocycles. The van der Waals surface area contributed by atoms with Crippen LogP contribution in [0.15, 0.2) is 48.5 Å². The van der Waals surface area contributed by atoms with Crippen molar-refractivity contribution in [3.8, 4) is 5.75 Å². The molecule has 0 saturated carbocycles. The van der Waals surface area contributed by atoms with Crippen molar-refractivity contribution in [3.63, 3.8) is 0 Å². The topological polar surface area (TPSA) is 18.5 Å². The van der Waals surface area contributed by atoms with Crippen LogP contribution in [-0.4, -0.2) is 18.0 Å². The number of alkyl halides is 3. The molecule has 146 valence electrons. The van der Waals surface area contributed by atoms with Crippen LogP contribution in [0.1, 0.15) is 49.3 Å². The molecular weight excluding hydrogens is 373 g/mol. The number of halogens is 3. The largest absolute Gasteiger partial charge is 0.573 e. The summed E-state index contributed by atoms with van der Waals surface area (Å²) in [5.41, 5.74) is 2.98. The molecule has 0 saturated heterocycles. The first-order valence-corrected chi connectivity index (χ1v) is 9.31. The minimum absolute atomic E-state index is 0.236. The van der Waals surface area contributed by atoms with Crippen LogP contribution < -0.4 is 4.74 Å². The summed E-state index contributed by atoms with van der Waals surface area (Å²) in [5, 5.41) is 0.418. The van der Waals surface area contributed by atoms with Gasteiger partial charge in [0.15, 0.2) is 5.05 Å². The standard InChI is InChI=1S/C21H23F3O2S/c1-3-4-15(2)17-7-9-18(10-8-17)20(27)25-14-13-16-5-11-19(12-6-16)26-21(22,23)24/h5-12,15H,3-4,13-14H2,1-2H3. The third-order valence-corrected chi connectivity index (χ3v) is 4.57. The molecule has 0 radical (unpaired) electrons. The fourth-order valence-electron chi connectivity index (χ4n) is 2.75. The molecular formula is C21H23F3O2S. The first-order chi connectivity index (χ1) is 12.8. The summed E-state index contributed by atoms with van der Waals surface area (Å²) in [7, 11) is 0. The second kappa shape index (κ2) is 9.74. The second-order valence-electron chi connectivity index (χ2n) is 6.39. The Labute approximate surface area is 163 Å². The van der Waals surface area contributed by atoms with Crippen molar-refractivity contribution in [1.82, 2.24) is 0 Å². The van der Waals surface area contributed by atoms with E-state index in [9.17, 15) is 13.2 Å². The monoisotopic (exact) mass is 396 g/mol. The highest BCUT2D eigenvalue weighted by Gasteiger charge is 2.30. The van der Waals surface area contributed by atoms with Gasteiger partial charge in [0.2, 0.25) is 0 Å². The lowest BCUT2D eigenvalue weighted by Gasteiger charge is -2.12. The molecule has 0 aliphatic rings. The van der Waals surface area contributed by atoms with Gasteiger partial charge in [-0.25, -0.2) is 0 Å². The number of ether oxygens (including phenoxy) is 2. The average molecular weight is 396 g/mol. The maximum absolute atomic E-state index is 12.1. The van der Waals surface area contributed by atoms with E-state index < -0.39 is 6.36 Å². The summed E-state index contributed by atoms with van der Waals surface area (Å²) < 4.78 is 45.9. The second-order valence-corrected chi connectivity index (χ2v) is 6.76. The van der Waals surface area contributed by atoms with Crippen molar-refractivity contribution in [2.45, 2.75) is 45.4 Å². The molecule has 0 amide bonds. The third-order valence-electron chi connectivity index (χ3n) is 4.22. The van der Waals surface area contributed by atoms with E-state index in [2.05, 4.69) is 30.7 Å². The van der Waals surface area contributed by atoms with E-state index in [1.807, 2.05) is 12.1 Å². The van der Waals surface area contributed by atoms with Gasteiger partial charge in [-0.1, -0.05) is 56.7 Å². The Morgan fingerprint density at radius 2 is 1.67 bits per heavy atom. The van der Waals surface area contributed by atoms with E-state index in [4.69, 9.17) is 17.0 Å². The van der Waals surface area contributed by atoms with Gasteiger partial charge in [0.25, 0.3) is 0 Å². The molecule has 2 rings (SSSR count). The third kappa shape index (κ3) is 7.21. The van der Waals surface area contributed by atoms with Gasteiger partial charge in [0.05, 0.1) is 6.61 Å². The van der Waals surface area contributed by atoms with E-state index >= 15 is 0 Å². The van der Waals surface area contributed by atoms with Gasteiger partial charge in [-0.3, -0.25) is 0 Å². The first kappa shape index (κ1) is 21.2. The quantitative estimate of drug-likeness (QED) is 0.480. The summed E-state index contributed by atoms with van der Waals surface area (Å²) >= 11 is 5.31. The highest BCUT2D eigenvalue weighted by atomic mass is 32.1. The number of benzene rings is 2. The van der Waals surface area contributed by atoms with Crippen LogP contribution >= 0.6 is 12.2 Å². The SMILES string of the molecule is CCCC(C)c1ccc(C(=S)OCCc2ccc(OC(F)(F)F)cc2)cc1. The van der Waals surface area contributed by atoms with Gasteiger partial charge in [-0.15, -0.1) is 13.2 Å². The van der Waals surface area contributed by atoms with Crippen molar-refractivity contribution in [2.24, 2.45) is 0 Å². The maximum atomic E-state index is 12.1. The zero-order valence-corrected chi connectivity index (χ0v) is 16.2. The van der Waals surface area contributed by atoms with Crippen molar-refractivity contribution in [3.05, 3.63) is 65.2 Å². The van der Waals surface area contributed by atoms with Gasteiger partial charge in [0.1, 0.15) is 5.75 Å². The van der Waals surface area contributed by atoms with Crippen molar-refractivity contribution < 1.29 is 22.6 Å². The van der Waals surface area contributed by atoms with Crippen LogP contribution in [0.4, 0.5) is 13.2 Å². The Morgan fingerprint density at radius 1 is 1.04 bits per heavy atom. The average Bonchev–Trinajstić information content (AvgIpc) is 2.62. The van der Waals surface area contributed by atoms with Gasteiger partial charge < -0.3 is 9.47 Å². The highest BCUT2D eigenvalue weighted by Crippen LogP contribution is 2.23. The van der Waals surface area contributed by atoms with Gasteiger partial charge in [-0.05, 0) is 47.8 Å². The minimum atomic E-state index is -4.68. The molecule has 0 fully saturated rings. The van der Waals surface area contributed by atoms with Crippen molar-refractivity contribution in [1.29, 1.82) is 0 Å². The zero-order chi connectivity index (χ0) is 19.9. The lowest BCUT2D eigenvalue weighted by molar-refractivity contribution is -0.274. The molecule has 0 aliphatic carbocycles. The van der Waals surface area contributed by atoms with Crippen molar-refractivity contribution >= 4 is 17.3 Å². The van der Waals surface area contributed by atoms with E-state index in [1.54, 1.807) is 12.1 Å². The summed E-state index contributed by atoms with van der Waals surface area (Å²) in [5.74, 6) is 0.280. The molecule has 27 heavy (non-hydrogen) atoms. The van der Waals surface area contributed by atoms with Gasteiger partial charge in [0, 0.05) is 12.0 Å². The molecule has 0 aromatic heterocycles. The summed E-state index contributed by atoms with van der Waals surface area (Å²) in [4.78, 5) is 0. The zero-order valence-electron chi connectivity index (χ0n) is 15.4. The van der Waals surface area contributed by atoms with Crippen LogP contribution in [-0.2, 0) is 11.2 Å². The molecule has 2 nitrogen and oxygen atoms in total. The summed E-state index contributed by atoms with van der Waals surface area (Å²) in [6, 6.07) is 13.8. The molecule has 0 spiro atoms. The van der Waals surface area contributed by atoms with Crippen LogP contribution in [0, 0.1) is 0 Å². The summed E-state index contributed by atoms with van der Waals surface area (Å²) in [6.45, 7) is 4.73. The van der Waals surface area contributed by atoms with Gasteiger partial charge >= 0.3 is 6.36 Å². The highest BCUT2D eigenvalue weighted by molar-refractivity contribution is 7.80. The molecule has 0 bridgehead atoms. The molecule has 0 N–H and O–H groups in total. The molecule has 1 unspecified atom stereocenters. The van der Waals surface area contributed by atoms with E-state index in [-0.39, 0.29) is 5.75 Å².